The summed E-state index contributed by atoms with van der Waals surface area (Å²) >= 11 is 0. The van der Waals surface area contributed by atoms with Gasteiger partial charge in [-0.05, 0) is 19.1 Å². The minimum absolute atomic E-state index is 0. The third kappa shape index (κ3) is 3.48. The average Bonchev–Trinajstić information content (AvgIpc) is 2.04. The van der Waals surface area contributed by atoms with Gasteiger partial charge in [-0.2, -0.15) is 0 Å². The van der Waals surface area contributed by atoms with E-state index in [2.05, 4.69) is 0 Å². The number of anilines is 1. The van der Waals surface area contributed by atoms with Crippen LogP contribution in [0.3, 0.4) is 0 Å². The molecule has 0 N–H and O–H groups in total. The predicted molar refractivity (Wildman–Crippen MR) is 47.7 cm³/mol. The monoisotopic (exact) mass is 187 g/mol. The first-order valence-electron chi connectivity index (χ1n) is 3.66. The molecule has 0 aliphatic rings. The molecule has 0 aliphatic heterocycles. The van der Waals surface area contributed by atoms with E-state index in [-0.39, 0.29) is 29.6 Å². The second-order valence-corrected chi connectivity index (χ2v) is 2.65. The van der Waals surface area contributed by atoms with Crippen LogP contribution in [0.4, 0.5) is 5.69 Å². The van der Waals surface area contributed by atoms with Gasteiger partial charge in [0.2, 0.25) is 5.91 Å². The molecule has 4 heteroatoms. The van der Waals surface area contributed by atoms with E-state index in [1.54, 1.807) is 24.3 Å². The largest absolute Gasteiger partial charge is 1.00 e. The van der Waals surface area contributed by atoms with Crippen LogP contribution < -0.4 is 34.6 Å². The van der Waals surface area contributed by atoms with Crippen LogP contribution in [0.1, 0.15) is 12.5 Å². The molecule has 3 nitrogen and oxygen atoms in total. The topological polar surface area (TPSA) is 43.4 Å². The van der Waals surface area contributed by atoms with Gasteiger partial charge in [0.25, 0.3) is 0 Å². The maximum atomic E-state index is 11.0. The molecule has 0 aliphatic carbocycles. The first-order chi connectivity index (χ1) is 5.61. The van der Waals surface area contributed by atoms with Gasteiger partial charge in [-0.1, -0.05) is 17.7 Å². The number of carbonyl (C=O) groups excluding carboxylic acids is 1. The van der Waals surface area contributed by atoms with E-state index in [0.717, 1.165) is 5.56 Å². The molecule has 0 saturated carbocycles. The van der Waals surface area contributed by atoms with Gasteiger partial charge in [0.05, 0.1) is 0 Å². The molecular formula is C9H10NNaO2. The molecule has 1 aromatic rings. The van der Waals surface area contributed by atoms with Gasteiger partial charge in [-0.15, -0.1) is 0 Å². The van der Waals surface area contributed by atoms with E-state index < -0.39 is 5.91 Å². The van der Waals surface area contributed by atoms with Crippen molar-refractivity contribution < 1.29 is 34.4 Å². The molecule has 1 rings (SSSR count). The average molecular weight is 187 g/mol. The van der Waals surface area contributed by atoms with Crippen molar-refractivity contribution >= 4 is 11.6 Å². The smallest absolute Gasteiger partial charge is 0.752 e. The molecular weight excluding hydrogens is 177 g/mol. The Balaban J connectivity index is 0.00000144. The Morgan fingerprint density at radius 1 is 1.31 bits per heavy atom. The van der Waals surface area contributed by atoms with Crippen LogP contribution in [-0.2, 0) is 4.79 Å². The van der Waals surface area contributed by atoms with Crippen molar-refractivity contribution in [3.05, 3.63) is 35.0 Å². The van der Waals surface area contributed by atoms with E-state index in [4.69, 9.17) is 0 Å². The number of aryl methyl sites for hydroxylation is 1. The van der Waals surface area contributed by atoms with Gasteiger partial charge in [-0.25, -0.2) is 0 Å². The van der Waals surface area contributed by atoms with Crippen molar-refractivity contribution in [2.75, 3.05) is 5.06 Å². The maximum Gasteiger partial charge on any atom is 1.00 e. The zero-order chi connectivity index (χ0) is 9.14. The third-order valence-corrected chi connectivity index (χ3v) is 1.55. The molecule has 0 spiro atoms. The van der Waals surface area contributed by atoms with Crippen molar-refractivity contribution in [1.82, 2.24) is 0 Å². The number of hydroxylamine groups is 1. The molecule has 13 heavy (non-hydrogen) atoms. The van der Waals surface area contributed by atoms with E-state index in [1.807, 2.05) is 6.92 Å². The summed E-state index contributed by atoms with van der Waals surface area (Å²) in [4.78, 5) is 10.6. The van der Waals surface area contributed by atoms with Crippen molar-refractivity contribution in [1.29, 1.82) is 0 Å². The Labute approximate surface area is 99.6 Å². The van der Waals surface area contributed by atoms with Gasteiger partial charge >= 0.3 is 29.6 Å². The van der Waals surface area contributed by atoms with Crippen molar-refractivity contribution in [3.8, 4) is 0 Å². The summed E-state index contributed by atoms with van der Waals surface area (Å²) < 4.78 is 0. The van der Waals surface area contributed by atoms with E-state index in [0.29, 0.717) is 10.8 Å². The molecule has 0 saturated heterocycles. The summed E-state index contributed by atoms with van der Waals surface area (Å²) in [6, 6.07) is 6.85. The summed E-state index contributed by atoms with van der Waals surface area (Å²) in [5.41, 5.74) is 1.45. The van der Waals surface area contributed by atoms with E-state index in [1.165, 1.54) is 6.92 Å². The van der Waals surface area contributed by atoms with Gasteiger partial charge in [-0.3, -0.25) is 4.79 Å². The van der Waals surface area contributed by atoms with Crippen molar-refractivity contribution in [2.45, 2.75) is 13.8 Å². The van der Waals surface area contributed by atoms with Crippen LogP contribution >= 0.6 is 0 Å². The first kappa shape index (κ1) is 12.7. The summed E-state index contributed by atoms with van der Waals surface area (Å²) in [5, 5.41) is 11.4. The second kappa shape index (κ2) is 5.40. The molecule has 0 fully saturated rings. The van der Waals surface area contributed by atoms with E-state index >= 15 is 0 Å². The fourth-order valence-electron chi connectivity index (χ4n) is 0.862. The molecule has 0 radical (unpaired) electrons. The van der Waals surface area contributed by atoms with Crippen LogP contribution in [0.2, 0.25) is 0 Å². The van der Waals surface area contributed by atoms with Crippen molar-refractivity contribution in [3.63, 3.8) is 0 Å². The van der Waals surface area contributed by atoms with Crippen LogP contribution in [0.15, 0.2) is 24.3 Å². The minimum atomic E-state index is -0.501. The SMILES string of the molecule is CC(=O)N([O-])c1ccc(C)cc1.[Na+]. The fourth-order valence-corrected chi connectivity index (χ4v) is 0.862. The molecule has 0 heterocycles. The number of rotatable bonds is 1. The Bertz CT molecular complexity index is 284. The zero-order valence-corrected chi connectivity index (χ0v) is 10.1. The third-order valence-electron chi connectivity index (χ3n) is 1.55. The Morgan fingerprint density at radius 2 is 1.77 bits per heavy atom. The first-order valence-corrected chi connectivity index (χ1v) is 3.66. The van der Waals surface area contributed by atoms with Crippen LogP contribution in [0.25, 0.3) is 0 Å². The number of hydrogen-bond acceptors (Lipinski definition) is 2. The molecule has 0 unspecified atom stereocenters. The van der Waals surface area contributed by atoms with Crippen LogP contribution in [0, 0.1) is 12.1 Å². The van der Waals surface area contributed by atoms with Gasteiger partial charge in [0.15, 0.2) is 0 Å². The summed E-state index contributed by atoms with van der Waals surface area (Å²) in [6.07, 6.45) is 0. The van der Waals surface area contributed by atoms with E-state index in [9.17, 15) is 10.0 Å². The summed E-state index contributed by atoms with van der Waals surface area (Å²) in [7, 11) is 0. The summed E-state index contributed by atoms with van der Waals surface area (Å²) in [6.45, 7) is 3.17. The Hall–Kier alpha value is -0.350. The van der Waals surface area contributed by atoms with Crippen LogP contribution in [-0.4, -0.2) is 5.91 Å². The fraction of sp³-hybridized carbons (Fsp3) is 0.222. The molecule has 0 atom stereocenters. The normalized spacial score (nSPS) is 8.85. The number of nitrogens with zero attached hydrogens (tertiary/aromatic N) is 1. The summed E-state index contributed by atoms with van der Waals surface area (Å²) in [5.74, 6) is -0.501. The maximum absolute atomic E-state index is 11.0. The number of carbonyl (C=O) groups is 1. The quantitative estimate of drug-likeness (QED) is 0.411. The molecule has 1 amide bonds. The number of amides is 1. The van der Waals surface area contributed by atoms with Gasteiger partial charge < -0.3 is 10.3 Å². The zero-order valence-electron chi connectivity index (χ0n) is 8.07. The van der Waals surface area contributed by atoms with Crippen LogP contribution in [0.5, 0.6) is 0 Å². The van der Waals surface area contributed by atoms with Crippen molar-refractivity contribution in [2.24, 2.45) is 0 Å². The predicted octanol–water partition coefficient (Wildman–Crippen LogP) is -1.15. The minimum Gasteiger partial charge on any atom is -0.752 e. The molecule has 0 bridgehead atoms. The number of hydrogen-bond donors (Lipinski definition) is 0. The van der Waals surface area contributed by atoms with Gasteiger partial charge in [0.1, 0.15) is 0 Å². The molecule has 64 valence electrons. The Morgan fingerprint density at radius 3 is 2.15 bits per heavy atom. The number of benzene rings is 1. The second-order valence-electron chi connectivity index (χ2n) is 2.65. The molecule has 0 aromatic heterocycles. The molecule has 1 aromatic carbocycles. The Kier molecular flexibility index (Phi) is 5.25. The van der Waals surface area contributed by atoms with Gasteiger partial charge in [0, 0.05) is 12.6 Å². The standard InChI is InChI=1S/C9H10NO2.Na/c1-7-3-5-9(6-4-7)10(12)8(2)11;/h3-6H,1-2H3;/q-1;+1.